The molecular weight excluding hydrogens is 358 g/mol. The van der Waals surface area contributed by atoms with Crippen LogP contribution in [0.2, 0.25) is 0 Å². The molecule has 0 rings (SSSR count). The number of unbranched alkanes of at least 4 members (excludes halogenated alkanes) is 1. The molecule has 3 N–H and O–H groups in total. The lowest BCUT2D eigenvalue weighted by Gasteiger charge is -2.14. The second-order valence-electron chi connectivity index (χ2n) is 6.06. The van der Waals surface area contributed by atoms with Crippen molar-refractivity contribution in [2.45, 2.75) is 57.9 Å². The number of amides is 1. The summed E-state index contributed by atoms with van der Waals surface area (Å²) < 4.78 is 10.3. The second kappa shape index (κ2) is 16.3. The number of carboxylic acids is 1. The number of hydrogen-bond acceptors (Lipinski definition) is 7. The van der Waals surface area contributed by atoms with Crippen molar-refractivity contribution in [1.82, 2.24) is 5.32 Å². The first-order valence-corrected chi connectivity index (χ1v) is 9.22. The molecule has 9 heteroatoms. The van der Waals surface area contributed by atoms with Crippen molar-refractivity contribution in [3.63, 3.8) is 0 Å². The van der Waals surface area contributed by atoms with E-state index in [1.54, 1.807) is 6.92 Å². The summed E-state index contributed by atoms with van der Waals surface area (Å²) >= 11 is 0. The molecule has 0 saturated carbocycles. The maximum Gasteiger partial charge on any atom is 0.326 e. The van der Waals surface area contributed by atoms with Crippen molar-refractivity contribution in [2.75, 3.05) is 33.0 Å². The van der Waals surface area contributed by atoms with Gasteiger partial charge in [0.15, 0.2) is 5.78 Å². The summed E-state index contributed by atoms with van der Waals surface area (Å²) in [6, 6.07) is -1.00. The van der Waals surface area contributed by atoms with Crippen LogP contribution in [0.15, 0.2) is 0 Å². The molecule has 0 aromatic carbocycles. The van der Waals surface area contributed by atoms with Gasteiger partial charge in [-0.1, -0.05) is 13.3 Å². The number of Topliss-reactive ketones (excluding diaryl/α,β-unsaturated/α-hetero) is 2. The van der Waals surface area contributed by atoms with Crippen LogP contribution < -0.4 is 5.32 Å². The lowest BCUT2D eigenvalue weighted by atomic mass is 10.1. The maximum absolute atomic E-state index is 11.7. The van der Waals surface area contributed by atoms with Gasteiger partial charge < -0.3 is 25.0 Å². The molecule has 0 radical (unpaired) electrons. The van der Waals surface area contributed by atoms with Gasteiger partial charge in [0, 0.05) is 25.9 Å². The number of aliphatic carboxylic acids is 1. The molecule has 0 aliphatic carbocycles. The number of rotatable bonds is 18. The van der Waals surface area contributed by atoms with Crippen LogP contribution in [0.1, 0.15) is 51.9 Å². The zero-order valence-electron chi connectivity index (χ0n) is 15.9. The highest BCUT2D eigenvalue weighted by Crippen LogP contribution is 2.06. The van der Waals surface area contributed by atoms with Crippen molar-refractivity contribution in [3.05, 3.63) is 0 Å². The van der Waals surface area contributed by atoms with Gasteiger partial charge in [0.2, 0.25) is 5.91 Å². The molecule has 0 bridgehead atoms. The van der Waals surface area contributed by atoms with Gasteiger partial charge in [-0.05, 0) is 19.3 Å². The van der Waals surface area contributed by atoms with Crippen molar-refractivity contribution in [1.29, 1.82) is 0 Å². The Morgan fingerprint density at radius 2 is 1.59 bits per heavy atom. The van der Waals surface area contributed by atoms with E-state index in [1.807, 2.05) is 0 Å². The molecular formula is C18H31NO8. The van der Waals surface area contributed by atoms with Gasteiger partial charge >= 0.3 is 5.97 Å². The standard InChI is InChI=1S/C18H31NO8/c1-2-14(21)6-3-4-8-16(18(24)25)19-17(23)13-27-11-10-26-9-5-7-15(22)12-20/h16,20H,2-13H2,1H3,(H,19,23)(H,24,25). The molecule has 9 nitrogen and oxygen atoms in total. The van der Waals surface area contributed by atoms with Crippen molar-refractivity contribution in [3.8, 4) is 0 Å². The topological polar surface area (TPSA) is 139 Å². The first-order valence-electron chi connectivity index (χ1n) is 9.22. The highest BCUT2D eigenvalue weighted by atomic mass is 16.5. The number of ether oxygens (including phenoxy) is 2. The van der Waals surface area contributed by atoms with Gasteiger partial charge in [0.05, 0.1) is 13.2 Å². The van der Waals surface area contributed by atoms with Crippen molar-refractivity contribution < 1.29 is 38.9 Å². The number of carbonyl (C=O) groups excluding carboxylic acids is 3. The fourth-order valence-corrected chi connectivity index (χ4v) is 2.18. The third-order valence-electron chi connectivity index (χ3n) is 3.75. The van der Waals surface area contributed by atoms with E-state index < -0.39 is 24.5 Å². The second-order valence-corrected chi connectivity index (χ2v) is 6.06. The summed E-state index contributed by atoms with van der Waals surface area (Å²) in [7, 11) is 0. The maximum atomic E-state index is 11.7. The molecule has 0 aliphatic rings. The van der Waals surface area contributed by atoms with Gasteiger partial charge in [-0.2, -0.15) is 0 Å². The van der Waals surface area contributed by atoms with Gasteiger partial charge in [-0.15, -0.1) is 0 Å². The molecule has 0 aromatic rings. The number of ketones is 2. The average molecular weight is 389 g/mol. The molecule has 0 saturated heterocycles. The summed E-state index contributed by atoms with van der Waals surface area (Å²) in [5, 5.41) is 20.1. The first-order chi connectivity index (χ1) is 12.9. The minimum atomic E-state index is -1.12. The zero-order valence-corrected chi connectivity index (χ0v) is 15.9. The Balaban J connectivity index is 3.78. The van der Waals surface area contributed by atoms with E-state index in [4.69, 9.17) is 19.7 Å². The van der Waals surface area contributed by atoms with Crippen LogP contribution >= 0.6 is 0 Å². The largest absolute Gasteiger partial charge is 0.480 e. The number of nitrogens with one attached hydrogen (secondary N) is 1. The van der Waals surface area contributed by atoms with Gasteiger partial charge in [0.1, 0.15) is 25.0 Å². The van der Waals surface area contributed by atoms with E-state index in [-0.39, 0.29) is 44.2 Å². The van der Waals surface area contributed by atoms with Crippen LogP contribution in [0.25, 0.3) is 0 Å². The van der Waals surface area contributed by atoms with Gasteiger partial charge in [0.25, 0.3) is 0 Å². The first kappa shape index (κ1) is 25.2. The van der Waals surface area contributed by atoms with E-state index in [0.717, 1.165) is 0 Å². The van der Waals surface area contributed by atoms with E-state index in [9.17, 15) is 19.2 Å². The minimum absolute atomic E-state index is 0.140. The Bertz CT molecular complexity index is 466. The summed E-state index contributed by atoms with van der Waals surface area (Å²) in [6.07, 6.45) is 3.05. The average Bonchev–Trinajstić information content (AvgIpc) is 2.65. The number of hydrogen-bond donors (Lipinski definition) is 3. The minimum Gasteiger partial charge on any atom is -0.480 e. The Morgan fingerprint density at radius 1 is 0.926 bits per heavy atom. The van der Waals surface area contributed by atoms with E-state index >= 15 is 0 Å². The highest BCUT2D eigenvalue weighted by Gasteiger charge is 2.19. The normalized spacial score (nSPS) is 11.8. The Labute approximate surface area is 159 Å². The van der Waals surface area contributed by atoms with Crippen LogP contribution in [-0.2, 0) is 28.7 Å². The molecule has 0 aromatic heterocycles. The fraction of sp³-hybridized carbons (Fsp3) is 0.778. The highest BCUT2D eigenvalue weighted by molar-refractivity contribution is 5.84. The summed E-state index contributed by atoms with van der Waals surface area (Å²) in [4.78, 5) is 45.0. The summed E-state index contributed by atoms with van der Waals surface area (Å²) in [6.45, 7) is 1.80. The molecule has 0 spiro atoms. The van der Waals surface area contributed by atoms with Crippen LogP contribution in [0, 0.1) is 0 Å². The fourth-order valence-electron chi connectivity index (χ4n) is 2.18. The molecule has 1 unspecified atom stereocenters. The van der Waals surface area contributed by atoms with Gasteiger partial charge in [-0.3, -0.25) is 14.4 Å². The SMILES string of the molecule is CCC(=O)CCCCC(NC(=O)COCCOCCCC(=O)CO)C(=O)O. The number of aliphatic hydroxyl groups excluding tert-OH is 1. The van der Waals surface area contributed by atoms with Crippen LogP contribution in [-0.4, -0.2) is 72.7 Å². The van der Waals surface area contributed by atoms with Gasteiger partial charge in [-0.25, -0.2) is 4.79 Å². The third kappa shape index (κ3) is 15.0. The quantitative estimate of drug-likeness (QED) is 0.288. The van der Waals surface area contributed by atoms with Crippen LogP contribution in [0.5, 0.6) is 0 Å². The predicted octanol–water partition coefficient (Wildman–Crippen LogP) is 0.470. The monoisotopic (exact) mass is 389 g/mol. The Morgan fingerprint density at radius 3 is 2.22 bits per heavy atom. The molecule has 156 valence electrons. The molecule has 0 heterocycles. The summed E-state index contributed by atoms with van der Waals surface area (Å²) in [5.41, 5.74) is 0. The smallest absolute Gasteiger partial charge is 0.326 e. The number of carboxylic acid groups (broad SMARTS) is 1. The molecule has 0 aliphatic heterocycles. The summed E-state index contributed by atoms with van der Waals surface area (Å²) in [5.74, 6) is -1.75. The molecule has 1 amide bonds. The lowest BCUT2D eigenvalue weighted by Crippen LogP contribution is -2.42. The molecule has 1 atom stereocenters. The molecule has 27 heavy (non-hydrogen) atoms. The number of carbonyl (C=O) groups is 4. The van der Waals surface area contributed by atoms with Crippen LogP contribution in [0.4, 0.5) is 0 Å². The van der Waals surface area contributed by atoms with Crippen molar-refractivity contribution >= 4 is 23.4 Å². The predicted molar refractivity (Wildman–Crippen MR) is 96.3 cm³/mol. The lowest BCUT2D eigenvalue weighted by molar-refractivity contribution is -0.142. The Kier molecular flexibility index (Phi) is 15.2. The third-order valence-corrected chi connectivity index (χ3v) is 3.75. The van der Waals surface area contributed by atoms with E-state index in [1.165, 1.54) is 0 Å². The van der Waals surface area contributed by atoms with E-state index in [2.05, 4.69) is 5.32 Å². The zero-order chi connectivity index (χ0) is 20.5. The molecule has 0 fully saturated rings. The van der Waals surface area contributed by atoms with Crippen LogP contribution in [0.3, 0.4) is 0 Å². The van der Waals surface area contributed by atoms with Crippen molar-refractivity contribution in [2.24, 2.45) is 0 Å². The Hall–Kier alpha value is -1.84. The number of aliphatic hydroxyl groups is 1. The van der Waals surface area contributed by atoms with E-state index in [0.29, 0.717) is 38.7 Å².